The average molecular weight is 816 g/mol. The summed E-state index contributed by atoms with van der Waals surface area (Å²) < 4.78 is 13.6. The lowest BCUT2D eigenvalue weighted by Crippen LogP contribution is -2.00. The number of hydrogen-bond donors (Lipinski definition) is 0. The van der Waals surface area contributed by atoms with Gasteiger partial charge in [-0.1, -0.05) is 146 Å². The number of hydrogen-bond acceptors (Lipinski definition) is 1. The SMILES string of the molecule is c1ccc2c(c1)oc1ccc3c4ccccc4n(-c4ccc(-c5ccc(-c6cc(-n7c8ccccc8c8ccccc87)cc(-n7c8ccccc8c8ccccc87)c6)cc5)cc4)c3c12. The van der Waals surface area contributed by atoms with Gasteiger partial charge >= 0.3 is 0 Å². The lowest BCUT2D eigenvalue weighted by molar-refractivity contribution is 0.669. The number of furan rings is 1. The molecule has 64 heavy (non-hydrogen) atoms. The number of rotatable bonds is 5. The van der Waals surface area contributed by atoms with E-state index in [2.05, 4.69) is 232 Å². The van der Waals surface area contributed by atoms with Gasteiger partial charge in [0.1, 0.15) is 11.2 Å². The maximum absolute atomic E-state index is 6.37. The molecule has 4 heterocycles. The summed E-state index contributed by atoms with van der Waals surface area (Å²) in [5.74, 6) is 0. The van der Waals surface area contributed by atoms with Gasteiger partial charge in [0.2, 0.25) is 0 Å². The molecule has 14 aromatic rings. The lowest BCUT2D eigenvalue weighted by Gasteiger charge is -2.16. The van der Waals surface area contributed by atoms with Gasteiger partial charge in [0.25, 0.3) is 0 Å². The van der Waals surface area contributed by atoms with Crippen LogP contribution in [-0.4, -0.2) is 13.7 Å². The molecule has 0 amide bonds. The van der Waals surface area contributed by atoms with Gasteiger partial charge in [0, 0.05) is 54.8 Å². The van der Waals surface area contributed by atoms with E-state index in [-0.39, 0.29) is 0 Å². The normalized spacial score (nSPS) is 12.1. The van der Waals surface area contributed by atoms with Crippen LogP contribution >= 0.6 is 0 Å². The zero-order valence-corrected chi connectivity index (χ0v) is 34.6. The van der Waals surface area contributed by atoms with Crippen molar-refractivity contribution in [3.63, 3.8) is 0 Å². The maximum atomic E-state index is 6.37. The minimum absolute atomic E-state index is 0.900. The Labute approximate surface area is 367 Å². The number of nitrogens with zero attached hydrogens (tertiary/aromatic N) is 3. The lowest BCUT2D eigenvalue weighted by atomic mass is 9.99. The summed E-state index contributed by atoms with van der Waals surface area (Å²) in [6.45, 7) is 0. The van der Waals surface area contributed by atoms with E-state index in [1.54, 1.807) is 0 Å². The summed E-state index contributed by atoms with van der Waals surface area (Å²) in [5.41, 5.74) is 16.9. The first kappa shape index (κ1) is 35.0. The highest BCUT2D eigenvalue weighted by Gasteiger charge is 2.20. The third-order valence-electron chi connectivity index (χ3n) is 13.4. The summed E-state index contributed by atoms with van der Waals surface area (Å²) in [7, 11) is 0. The van der Waals surface area contributed by atoms with E-state index < -0.39 is 0 Å². The van der Waals surface area contributed by atoms with E-state index in [1.165, 1.54) is 76.5 Å². The van der Waals surface area contributed by atoms with Crippen molar-refractivity contribution < 1.29 is 4.42 Å². The Morgan fingerprint density at radius 3 is 1.14 bits per heavy atom. The molecule has 4 nitrogen and oxygen atoms in total. The average Bonchev–Trinajstić information content (AvgIpc) is 4.10. The van der Waals surface area contributed by atoms with Crippen molar-refractivity contribution in [2.24, 2.45) is 0 Å². The van der Waals surface area contributed by atoms with Crippen LogP contribution in [0.1, 0.15) is 0 Å². The molecule has 14 rings (SSSR count). The first-order valence-corrected chi connectivity index (χ1v) is 21.9. The Bertz CT molecular complexity index is 3940. The van der Waals surface area contributed by atoms with Crippen LogP contribution in [0.15, 0.2) is 229 Å². The Kier molecular flexibility index (Phi) is 7.36. The molecular weight excluding hydrogens is 779 g/mol. The van der Waals surface area contributed by atoms with Crippen molar-refractivity contribution in [2.45, 2.75) is 0 Å². The molecule has 0 radical (unpaired) electrons. The number of benzene rings is 10. The van der Waals surface area contributed by atoms with Crippen molar-refractivity contribution in [3.05, 3.63) is 224 Å². The van der Waals surface area contributed by atoms with Gasteiger partial charge in [-0.05, 0) is 101 Å². The Morgan fingerprint density at radius 1 is 0.250 bits per heavy atom. The Morgan fingerprint density at radius 2 is 0.641 bits per heavy atom. The largest absolute Gasteiger partial charge is 0.456 e. The van der Waals surface area contributed by atoms with Crippen LogP contribution in [0.3, 0.4) is 0 Å². The van der Waals surface area contributed by atoms with Crippen LogP contribution in [0.5, 0.6) is 0 Å². The first-order valence-electron chi connectivity index (χ1n) is 21.9. The molecule has 0 aliphatic rings. The Balaban J connectivity index is 0.910. The molecule has 0 unspecified atom stereocenters. The molecule has 0 spiro atoms. The second-order valence-electron chi connectivity index (χ2n) is 16.9. The van der Waals surface area contributed by atoms with Crippen LogP contribution in [-0.2, 0) is 0 Å². The monoisotopic (exact) mass is 815 g/mol. The molecule has 0 bridgehead atoms. The summed E-state index contributed by atoms with van der Waals surface area (Å²) >= 11 is 0. The molecule has 0 atom stereocenters. The minimum atomic E-state index is 0.900. The van der Waals surface area contributed by atoms with Gasteiger partial charge in [-0.25, -0.2) is 0 Å². The molecule has 4 heteroatoms. The van der Waals surface area contributed by atoms with E-state index in [0.717, 1.165) is 50.1 Å². The molecule has 4 aromatic heterocycles. The van der Waals surface area contributed by atoms with Gasteiger partial charge < -0.3 is 18.1 Å². The molecule has 0 aliphatic heterocycles. The predicted molar refractivity (Wildman–Crippen MR) is 268 cm³/mol. The van der Waals surface area contributed by atoms with E-state index in [9.17, 15) is 0 Å². The van der Waals surface area contributed by atoms with Crippen LogP contribution in [0.25, 0.3) is 127 Å². The molecule has 0 saturated carbocycles. The summed E-state index contributed by atoms with van der Waals surface area (Å²) in [5, 5.41) is 9.72. The smallest absolute Gasteiger partial charge is 0.137 e. The van der Waals surface area contributed by atoms with E-state index >= 15 is 0 Å². The zero-order chi connectivity index (χ0) is 41.9. The third-order valence-corrected chi connectivity index (χ3v) is 13.4. The second-order valence-corrected chi connectivity index (χ2v) is 16.9. The maximum Gasteiger partial charge on any atom is 0.137 e. The van der Waals surface area contributed by atoms with E-state index in [4.69, 9.17) is 4.42 Å². The number of aromatic nitrogens is 3. The van der Waals surface area contributed by atoms with Crippen molar-refractivity contribution in [3.8, 4) is 39.3 Å². The molecular formula is C60H37N3O. The summed E-state index contributed by atoms with van der Waals surface area (Å²) in [6, 6.07) is 81.6. The standard InChI is InChI=1S/C60H37N3O/c1-7-19-52-45(13-1)46-14-2-8-20-53(46)61(52)43-35-41(36-44(37-43)62-54-21-9-3-15-47(54)48-16-4-10-22-55(48)62)40-27-25-38(26-28-40)39-29-31-42(32-30-39)63-56-23-11-5-17-49(56)50-33-34-58-59(60(50)63)51-18-6-12-24-57(51)64-58/h1-37H. The van der Waals surface area contributed by atoms with Gasteiger partial charge in [-0.2, -0.15) is 0 Å². The van der Waals surface area contributed by atoms with Crippen LogP contribution in [0.4, 0.5) is 0 Å². The fourth-order valence-corrected chi connectivity index (χ4v) is 10.6. The highest BCUT2D eigenvalue weighted by atomic mass is 16.3. The molecule has 0 saturated heterocycles. The second kappa shape index (κ2) is 13.4. The quantitative estimate of drug-likeness (QED) is 0.170. The minimum Gasteiger partial charge on any atom is -0.456 e. The van der Waals surface area contributed by atoms with E-state index in [0.29, 0.717) is 0 Å². The fraction of sp³-hybridized carbons (Fsp3) is 0. The predicted octanol–water partition coefficient (Wildman–Crippen LogP) is 16.2. The van der Waals surface area contributed by atoms with Crippen LogP contribution < -0.4 is 0 Å². The molecule has 298 valence electrons. The van der Waals surface area contributed by atoms with Crippen LogP contribution in [0, 0.1) is 0 Å². The number of fused-ring (bicyclic) bond motifs is 13. The molecule has 0 N–H and O–H groups in total. The zero-order valence-electron chi connectivity index (χ0n) is 34.6. The van der Waals surface area contributed by atoms with Crippen molar-refractivity contribution in [1.29, 1.82) is 0 Å². The summed E-state index contributed by atoms with van der Waals surface area (Å²) in [6.07, 6.45) is 0. The van der Waals surface area contributed by atoms with Gasteiger partial charge in [0.15, 0.2) is 0 Å². The fourth-order valence-electron chi connectivity index (χ4n) is 10.6. The Hall–Kier alpha value is -8.60. The molecule has 10 aromatic carbocycles. The van der Waals surface area contributed by atoms with Crippen molar-refractivity contribution >= 4 is 87.4 Å². The highest BCUT2D eigenvalue weighted by molar-refractivity contribution is 6.24. The van der Waals surface area contributed by atoms with Crippen molar-refractivity contribution in [1.82, 2.24) is 13.7 Å². The topological polar surface area (TPSA) is 27.9 Å². The molecule has 0 aliphatic carbocycles. The van der Waals surface area contributed by atoms with Gasteiger partial charge in [-0.15, -0.1) is 0 Å². The summed E-state index contributed by atoms with van der Waals surface area (Å²) in [4.78, 5) is 0. The van der Waals surface area contributed by atoms with Gasteiger partial charge in [-0.3, -0.25) is 0 Å². The molecule has 0 fully saturated rings. The van der Waals surface area contributed by atoms with Crippen molar-refractivity contribution in [2.75, 3.05) is 0 Å². The third kappa shape index (κ3) is 5.05. The highest BCUT2D eigenvalue weighted by Crippen LogP contribution is 2.42. The number of para-hydroxylation sites is 6. The van der Waals surface area contributed by atoms with Gasteiger partial charge in [0.05, 0.1) is 38.5 Å². The first-order chi connectivity index (χ1) is 31.7. The van der Waals surface area contributed by atoms with Crippen LogP contribution in [0.2, 0.25) is 0 Å². The van der Waals surface area contributed by atoms with E-state index in [1.807, 2.05) is 6.07 Å².